The fraction of sp³-hybridized carbons (Fsp3) is 0.250. The molecule has 0 fully saturated rings. The molecule has 0 saturated heterocycles. The molecule has 0 saturated carbocycles. The third kappa shape index (κ3) is 3.45. The quantitative estimate of drug-likeness (QED) is 0.773. The van der Waals surface area contributed by atoms with Crippen molar-refractivity contribution in [1.82, 2.24) is 30.1 Å². The Kier molecular flexibility index (Phi) is 4.18. The van der Waals surface area contributed by atoms with Crippen LogP contribution in [0.2, 0.25) is 0 Å². The molecule has 3 aromatic rings. The SMILES string of the molecule is Cc1cc(C(=O)NCCn2cc(-c3ccccc3)nn2)n(C)n1. The molecule has 1 amide bonds. The van der Waals surface area contributed by atoms with Crippen LogP contribution < -0.4 is 5.32 Å². The Bertz CT molecular complexity index is 805. The van der Waals surface area contributed by atoms with E-state index < -0.39 is 0 Å². The Labute approximate surface area is 133 Å². The zero-order valence-electron chi connectivity index (χ0n) is 13.1. The molecular formula is C16H18N6O. The molecule has 0 atom stereocenters. The van der Waals surface area contributed by atoms with Gasteiger partial charge in [-0.1, -0.05) is 35.5 Å². The molecule has 1 N–H and O–H groups in total. The lowest BCUT2D eigenvalue weighted by Gasteiger charge is -2.04. The fourth-order valence-electron chi connectivity index (χ4n) is 2.35. The molecule has 1 aromatic carbocycles. The number of aryl methyl sites for hydroxylation is 2. The number of rotatable bonds is 5. The lowest BCUT2D eigenvalue weighted by molar-refractivity contribution is 0.0942. The van der Waals surface area contributed by atoms with E-state index in [2.05, 4.69) is 20.7 Å². The zero-order valence-corrected chi connectivity index (χ0v) is 13.1. The Morgan fingerprint density at radius 1 is 1.26 bits per heavy atom. The summed E-state index contributed by atoms with van der Waals surface area (Å²) < 4.78 is 3.30. The van der Waals surface area contributed by atoms with E-state index in [9.17, 15) is 4.79 Å². The smallest absolute Gasteiger partial charge is 0.269 e. The molecule has 118 valence electrons. The van der Waals surface area contributed by atoms with E-state index in [1.165, 1.54) is 0 Å². The van der Waals surface area contributed by atoms with Crippen molar-refractivity contribution in [2.45, 2.75) is 13.5 Å². The van der Waals surface area contributed by atoms with Gasteiger partial charge in [0.05, 0.1) is 18.4 Å². The van der Waals surface area contributed by atoms with Gasteiger partial charge in [-0.3, -0.25) is 14.2 Å². The molecule has 2 aromatic heterocycles. The third-order valence-electron chi connectivity index (χ3n) is 3.47. The van der Waals surface area contributed by atoms with Crippen LogP contribution in [0.25, 0.3) is 11.3 Å². The maximum atomic E-state index is 12.1. The molecular weight excluding hydrogens is 292 g/mol. The van der Waals surface area contributed by atoms with E-state index in [0.717, 1.165) is 17.0 Å². The van der Waals surface area contributed by atoms with Gasteiger partial charge in [-0.2, -0.15) is 5.10 Å². The monoisotopic (exact) mass is 310 g/mol. The van der Waals surface area contributed by atoms with Crippen LogP contribution in [0.1, 0.15) is 16.2 Å². The van der Waals surface area contributed by atoms with Gasteiger partial charge in [0.2, 0.25) is 0 Å². The van der Waals surface area contributed by atoms with Crippen molar-refractivity contribution in [1.29, 1.82) is 0 Å². The van der Waals surface area contributed by atoms with Crippen LogP contribution in [0.15, 0.2) is 42.6 Å². The van der Waals surface area contributed by atoms with Crippen molar-refractivity contribution in [2.75, 3.05) is 6.54 Å². The summed E-state index contributed by atoms with van der Waals surface area (Å²) in [6.07, 6.45) is 1.87. The number of amides is 1. The van der Waals surface area contributed by atoms with Crippen molar-refractivity contribution in [3.8, 4) is 11.3 Å². The van der Waals surface area contributed by atoms with Gasteiger partial charge in [-0.15, -0.1) is 5.10 Å². The van der Waals surface area contributed by atoms with Gasteiger partial charge in [0.1, 0.15) is 11.4 Å². The maximum Gasteiger partial charge on any atom is 0.269 e. The highest BCUT2D eigenvalue weighted by Gasteiger charge is 2.11. The lowest BCUT2D eigenvalue weighted by Crippen LogP contribution is -2.29. The topological polar surface area (TPSA) is 77.6 Å². The first-order chi connectivity index (χ1) is 11.1. The summed E-state index contributed by atoms with van der Waals surface area (Å²) in [4.78, 5) is 12.1. The first-order valence-corrected chi connectivity index (χ1v) is 7.38. The van der Waals surface area contributed by atoms with Gasteiger partial charge in [-0.25, -0.2) is 0 Å². The van der Waals surface area contributed by atoms with Crippen molar-refractivity contribution in [3.63, 3.8) is 0 Å². The van der Waals surface area contributed by atoms with E-state index in [4.69, 9.17) is 0 Å². The van der Waals surface area contributed by atoms with Crippen molar-refractivity contribution >= 4 is 5.91 Å². The summed E-state index contributed by atoms with van der Waals surface area (Å²) in [5.41, 5.74) is 3.21. The standard InChI is InChI=1S/C16H18N6O/c1-12-10-15(21(2)19-12)16(23)17-8-9-22-11-14(18-20-22)13-6-4-3-5-7-13/h3-7,10-11H,8-9H2,1-2H3,(H,17,23). The fourth-order valence-corrected chi connectivity index (χ4v) is 2.35. The Morgan fingerprint density at radius 2 is 2.04 bits per heavy atom. The number of nitrogens with zero attached hydrogens (tertiary/aromatic N) is 5. The molecule has 0 bridgehead atoms. The number of hydrogen-bond donors (Lipinski definition) is 1. The van der Waals surface area contributed by atoms with Crippen LogP contribution in [0.5, 0.6) is 0 Å². The van der Waals surface area contributed by atoms with Gasteiger partial charge in [-0.05, 0) is 13.0 Å². The number of carbonyl (C=O) groups excluding carboxylic acids is 1. The second kappa shape index (κ2) is 6.43. The molecule has 0 unspecified atom stereocenters. The van der Waals surface area contributed by atoms with E-state index >= 15 is 0 Å². The number of nitrogens with one attached hydrogen (secondary N) is 1. The van der Waals surface area contributed by atoms with Crippen LogP contribution in [-0.4, -0.2) is 37.2 Å². The van der Waals surface area contributed by atoms with Crippen molar-refractivity contribution < 1.29 is 4.79 Å². The minimum atomic E-state index is -0.142. The van der Waals surface area contributed by atoms with Gasteiger partial charge >= 0.3 is 0 Å². The lowest BCUT2D eigenvalue weighted by atomic mass is 10.2. The Hall–Kier alpha value is -2.96. The Morgan fingerprint density at radius 3 is 2.74 bits per heavy atom. The predicted molar refractivity (Wildman–Crippen MR) is 85.7 cm³/mol. The minimum Gasteiger partial charge on any atom is -0.349 e. The second-order valence-electron chi connectivity index (χ2n) is 5.28. The predicted octanol–water partition coefficient (Wildman–Crippen LogP) is 1.42. The highest BCUT2D eigenvalue weighted by Crippen LogP contribution is 2.14. The number of aromatic nitrogens is 5. The highest BCUT2D eigenvalue weighted by atomic mass is 16.2. The van der Waals surface area contributed by atoms with Crippen LogP contribution >= 0.6 is 0 Å². The molecule has 7 heteroatoms. The molecule has 2 heterocycles. The van der Waals surface area contributed by atoms with E-state index in [0.29, 0.717) is 18.8 Å². The van der Waals surface area contributed by atoms with E-state index in [1.54, 1.807) is 22.5 Å². The largest absolute Gasteiger partial charge is 0.349 e. The molecule has 23 heavy (non-hydrogen) atoms. The summed E-state index contributed by atoms with van der Waals surface area (Å²) in [6.45, 7) is 2.89. The first kappa shape index (κ1) is 15.0. The maximum absolute atomic E-state index is 12.1. The minimum absolute atomic E-state index is 0.142. The summed E-state index contributed by atoms with van der Waals surface area (Å²) in [6, 6.07) is 11.6. The molecule has 0 aliphatic heterocycles. The zero-order chi connectivity index (χ0) is 16.2. The second-order valence-corrected chi connectivity index (χ2v) is 5.28. The van der Waals surface area contributed by atoms with Crippen LogP contribution in [0, 0.1) is 6.92 Å². The van der Waals surface area contributed by atoms with Gasteiger partial charge in [0.25, 0.3) is 5.91 Å². The molecule has 0 radical (unpaired) electrons. The van der Waals surface area contributed by atoms with Gasteiger partial charge < -0.3 is 5.32 Å². The molecule has 3 rings (SSSR count). The normalized spacial score (nSPS) is 10.7. The average Bonchev–Trinajstić information content (AvgIpc) is 3.14. The van der Waals surface area contributed by atoms with E-state index in [-0.39, 0.29) is 5.91 Å². The summed E-state index contributed by atoms with van der Waals surface area (Å²) in [5.74, 6) is -0.142. The van der Waals surface area contributed by atoms with Crippen LogP contribution in [0.3, 0.4) is 0 Å². The van der Waals surface area contributed by atoms with Crippen molar-refractivity contribution in [3.05, 3.63) is 54.0 Å². The van der Waals surface area contributed by atoms with Gasteiger partial charge in [0, 0.05) is 19.2 Å². The number of benzene rings is 1. The highest BCUT2D eigenvalue weighted by molar-refractivity contribution is 5.92. The molecule has 7 nitrogen and oxygen atoms in total. The summed E-state index contributed by atoms with van der Waals surface area (Å²) in [5, 5.41) is 15.3. The summed E-state index contributed by atoms with van der Waals surface area (Å²) >= 11 is 0. The average molecular weight is 310 g/mol. The van der Waals surface area contributed by atoms with E-state index in [1.807, 2.05) is 43.5 Å². The number of carbonyl (C=O) groups is 1. The van der Waals surface area contributed by atoms with Crippen molar-refractivity contribution in [2.24, 2.45) is 7.05 Å². The van der Waals surface area contributed by atoms with Gasteiger partial charge in [0.15, 0.2) is 0 Å². The van der Waals surface area contributed by atoms with Crippen LogP contribution in [-0.2, 0) is 13.6 Å². The third-order valence-corrected chi connectivity index (χ3v) is 3.47. The van der Waals surface area contributed by atoms with Crippen LogP contribution in [0.4, 0.5) is 0 Å². The Balaban J connectivity index is 1.56. The summed E-state index contributed by atoms with van der Waals surface area (Å²) in [7, 11) is 1.76. The molecule has 0 spiro atoms. The molecule has 0 aliphatic carbocycles. The number of hydrogen-bond acceptors (Lipinski definition) is 4. The first-order valence-electron chi connectivity index (χ1n) is 7.38. The molecule has 0 aliphatic rings.